The van der Waals surface area contributed by atoms with Gasteiger partial charge < -0.3 is 9.47 Å². The van der Waals surface area contributed by atoms with Crippen LogP contribution in [-0.4, -0.2) is 17.3 Å². The van der Waals surface area contributed by atoms with E-state index in [0.717, 1.165) is 12.8 Å². The lowest BCUT2D eigenvalue weighted by Gasteiger charge is -2.38. The van der Waals surface area contributed by atoms with Gasteiger partial charge in [0.05, 0.1) is 23.9 Å². The predicted octanol–water partition coefficient (Wildman–Crippen LogP) is 4.88. The maximum Gasteiger partial charge on any atom is 0.0927 e. The predicted molar refractivity (Wildman–Crippen MR) is 89.8 cm³/mol. The summed E-state index contributed by atoms with van der Waals surface area (Å²) in [5.41, 5.74) is 2.52. The zero-order chi connectivity index (χ0) is 16.0. The van der Waals surface area contributed by atoms with Gasteiger partial charge in [0.2, 0.25) is 0 Å². The third kappa shape index (κ3) is 2.41. The summed E-state index contributed by atoms with van der Waals surface area (Å²) >= 11 is 0. The Balaban J connectivity index is 1.74. The Hall–Kier alpha value is -0.860. The van der Waals surface area contributed by atoms with Gasteiger partial charge in [-0.3, -0.25) is 0 Å². The maximum atomic E-state index is 6.62. The van der Waals surface area contributed by atoms with Crippen molar-refractivity contribution in [1.82, 2.24) is 0 Å². The van der Waals surface area contributed by atoms with Crippen LogP contribution < -0.4 is 0 Å². The summed E-state index contributed by atoms with van der Waals surface area (Å²) < 4.78 is 13.0. The van der Waals surface area contributed by atoms with Crippen molar-refractivity contribution in [3.63, 3.8) is 0 Å². The van der Waals surface area contributed by atoms with Crippen LogP contribution >= 0.6 is 0 Å². The van der Waals surface area contributed by atoms with Crippen molar-refractivity contribution in [1.29, 1.82) is 0 Å². The molecule has 1 aromatic carbocycles. The number of hydrogen-bond donors (Lipinski definition) is 0. The lowest BCUT2D eigenvalue weighted by molar-refractivity contribution is -0.0998. The van der Waals surface area contributed by atoms with E-state index in [1.165, 1.54) is 17.5 Å². The summed E-state index contributed by atoms with van der Waals surface area (Å²) in [5, 5.41) is 0. The highest BCUT2D eigenvalue weighted by Gasteiger charge is 2.64. The van der Waals surface area contributed by atoms with E-state index in [4.69, 9.17) is 9.47 Å². The summed E-state index contributed by atoms with van der Waals surface area (Å²) in [4.78, 5) is 0. The first-order valence-corrected chi connectivity index (χ1v) is 8.77. The average molecular weight is 302 g/mol. The molecule has 1 aromatic rings. The first kappa shape index (κ1) is 16.0. The fourth-order valence-electron chi connectivity index (χ4n) is 4.64. The van der Waals surface area contributed by atoms with Crippen molar-refractivity contribution < 1.29 is 9.47 Å². The highest BCUT2D eigenvalue weighted by atomic mass is 16.6. The molecule has 1 unspecified atom stereocenters. The van der Waals surface area contributed by atoms with Crippen LogP contribution in [0.4, 0.5) is 0 Å². The largest absolute Gasteiger partial charge is 0.370 e. The van der Waals surface area contributed by atoms with Crippen LogP contribution in [0.2, 0.25) is 0 Å². The molecule has 122 valence electrons. The first-order valence-electron chi connectivity index (χ1n) is 8.77. The van der Waals surface area contributed by atoms with Crippen molar-refractivity contribution in [2.45, 2.75) is 77.8 Å². The minimum Gasteiger partial charge on any atom is -0.370 e. The van der Waals surface area contributed by atoms with Gasteiger partial charge >= 0.3 is 0 Å². The van der Waals surface area contributed by atoms with E-state index in [9.17, 15) is 0 Å². The number of hydrogen-bond acceptors (Lipinski definition) is 2. The lowest BCUT2D eigenvalue weighted by Crippen LogP contribution is -2.44. The Kier molecular flexibility index (Phi) is 4.11. The van der Waals surface area contributed by atoms with Crippen LogP contribution in [0.3, 0.4) is 0 Å². The SMILES string of the molecule is CCC1C[C@]2(C)O[C@@]1(C(C)C)C[C@H]2OCc1ccccc1C. The van der Waals surface area contributed by atoms with Crippen molar-refractivity contribution in [2.24, 2.45) is 11.8 Å². The quantitative estimate of drug-likeness (QED) is 0.771. The topological polar surface area (TPSA) is 18.5 Å². The molecule has 0 spiro atoms. The molecule has 4 atom stereocenters. The number of ether oxygens (including phenoxy) is 2. The molecular formula is C20H30O2. The molecule has 0 amide bonds. The van der Waals surface area contributed by atoms with Crippen molar-refractivity contribution in [3.8, 4) is 0 Å². The molecule has 0 radical (unpaired) electrons. The molecule has 2 aliphatic heterocycles. The van der Waals surface area contributed by atoms with Gasteiger partial charge in [0.25, 0.3) is 0 Å². The lowest BCUT2D eigenvalue weighted by atomic mass is 9.67. The Bertz CT molecular complexity index is 538. The molecule has 22 heavy (non-hydrogen) atoms. The third-order valence-corrected chi connectivity index (χ3v) is 6.12. The van der Waals surface area contributed by atoms with Crippen molar-refractivity contribution >= 4 is 0 Å². The molecule has 3 rings (SSSR count). The van der Waals surface area contributed by atoms with Crippen molar-refractivity contribution in [2.75, 3.05) is 0 Å². The van der Waals surface area contributed by atoms with Gasteiger partial charge in [-0.2, -0.15) is 0 Å². The standard InChI is InChI=1S/C20H30O2/c1-6-17-11-19(5)18(12-20(17,22-19)14(2)3)21-13-16-10-8-7-9-15(16)4/h7-10,14,17-18H,6,11-13H2,1-5H3/t17?,18-,19+,20-/m1/s1. The zero-order valence-electron chi connectivity index (χ0n) is 14.7. The Morgan fingerprint density at radius 3 is 2.64 bits per heavy atom. The van der Waals surface area contributed by atoms with E-state index in [2.05, 4.69) is 58.9 Å². The second kappa shape index (κ2) is 5.65. The number of aryl methyl sites for hydroxylation is 1. The second-order valence-electron chi connectivity index (χ2n) is 7.76. The van der Waals surface area contributed by atoms with E-state index in [-0.39, 0.29) is 17.3 Å². The fraction of sp³-hybridized carbons (Fsp3) is 0.700. The smallest absolute Gasteiger partial charge is 0.0927 e. The number of fused-ring (bicyclic) bond motifs is 2. The molecule has 0 N–H and O–H groups in total. The normalized spacial score (nSPS) is 37.2. The summed E-state index contributed by atoms with van der Waals surface area (Å²) in [6.45, 7) is 12.0. The van der Waals surface area contributed by atoms with Gasteiger partial charge in [-0.1, -0.05) is 51.5 Å². The Morgan fingerprint density at radius 2 is 2.00 bits per heavy atom. The fourth-order valence-corrected chi connectivity index (χ4v) is 4.64. The van der Waals surface area contributed by atoms with E-state index >= 15 is 0 Å². The van der Waals surface area contributed by atoms with Crippen molar-refractivity contribution in [3.05, 3.63) is 35.4 Å². The second-order valence-corrected chi connectivity index (χ2v) is 7.76. The molecule has 0 aromatic heterocycles. The summed E-state index contributed by atoms with van der Waals surface area (Å²) in [7, 11) is 0. The first-order chi connectivity index (χ1) is 10.4. The Labute approximate surface area is 135 Å². The molecule has 2 aliphatic rings. The molecule has 2 heterocycles. The van der Waals surface area contributed by atoms with Gasteiger partial charge in [-0.15, -0.1) is 0 Å². The summed E-state index contributed by atoms with van der Waals surface area (Å²) in [6, 6.07) is 8.49. The van der Waals surface area contributed by atoms with Gasteiger partial charge in [-0.25, -0.2) is 0 Å². The number of rotatable bonds is 5. The number of benzene rings is 1. The average Bonchev–Trinajstić information content (AvgIpc) is 2.95. The third-order valence-electron chi connectivity index (χ3n) is 6.12. The van der Waals surface area contributed by atoms with Crippen LogP contribution in [0.25, 0.3) is 0 Å². The van der Waals surface area contributed by atoms with Crippen LogP contribution in [0.5, 0.6) is 0 Å². The molecule has 0 saturated carbocycles. The van der Waals surface area contributed by atoms with Gasteiger partial charge in [0, 0.05) is 6.42 Å². The minimum absolute atomic E-state index is 0.0277. The van der Waals surface area contributed by atoms with Crippen LogP contribution in [0.1, 0.15) is 58.1 Å². The molecule has 2 bridgehead atoms. The van der Waals surface area contributed by atoms with E-state index in [1.54, 1.807) is 0 Å². The monoisotopic (exact) mass is 302 g/mol. The summed E-state index contributed by atoms with van der Waals surface area (Å²) in [5.74, 6) is 1.22. The van der Waals surface area contributed by atoms with E-state index in [1.807, 2.05) is 0 Å². The highest BCUT2D eigenvalue weighted by Crippen LogP contribution is 2.59. The van der Waals surface area contributed by atoms with E-state index < -0.39 is 0 Å². The molecule has 2 nitrogen and oxygen atoms in total. The molecular weight excluding hydrogens is 272 g/mol. The van der Waals surface area contributed by atoms with E-state index in [0.29, 0.717) is 18.4 Å². The molecule has 2 fully saturated rings. The zero-order valence-corrected chi connectivity index (χ0v) is 14.7. The minimum atomic E-state index is -0.104. The van der Waals surface area contributed by atoms with Gasteiger partial charge in [0.1, 0.15) is 0 Å². The van der Waals surface area contributed by atoms with Crippen LogP contribution in [0.15, 0.2) is 24.3 Å². The maximum absolute atomic E-state index is 6.62. The summed E-state index contributed by atoms with van der Waals surface area (Å²) in [6.07, 6.45) is 3.61. The molecule has 2 saturated heterocycles. The Morgan fingerprint density at radius 1 is 1.27 bits per heavy atom. The van der Waals surface area contributed by atoms with Gasteiger partial charge in [0.15, 0.2) is 0 Å². The van der Waals surface area contributed by atoms with Gasteiger partial charge in [-0.05, 0) is 43.2 Å². The molecule has 2 heteroatoms. The highest BCUT2D eigenvalue weighted by molar-refractivity contribution is 5.25. The molecule has 0 aliphatic carbocycles. The van der Waals surface area contributed by atoms with Crippen LogP contribution in [-0.2, 0) is 16.1 Å². The van der Waals surface area contributed by atoms with Crippen LogP contribution in [0, 0.1) is 18.8 Å².